The maximum Gasteiger partial charge on any atom is 0.159 e. The number of fused-ring (bicyclic) bond motifs is 1. The second-order valence-corrected chi connectivity index (χ2v) is 4.62. The molecular formula is C6H9Br3N2S. The third kappa shape index (κ3) is 2.77. The molecule has 0 aliphatic carbocycles. The highest BCUT2D eigenvalue weighted by Gasteiger charge is 2.12. The molecule has 6 heteroatoms. The van der Waals surface area contributed by atoms with Crippen LogP contribution in [0.15, 0.2) is 3.92 Å². The second-order valence-electron chi connectivity index (χ2n) is 2.26. The summed E-state index contributed by atoms with van der Waals surface area (Å²) in [5.74, 6) is 0. The van der Waals surface area contributed by atoms with Crippen LogP contribution in [0.25, 0.3) is 0 Å². The van der Waals surface area contributed by atoms with Gasteiger partial charge in [0, 0.05) is 24.4 Å². The SMILES string of the molecule is Br.Br.Brc1nc2c(s1)CNCC2. The van der Waals surface area contributed by atoms with Crippen molar-refractivity contribution in [3.05, 3.63) is 14.5 Å². The summed E-state index contributed by atoms with van der Waals surface area (Å²) >= 11 is 5.11. The molecule has 0 amide bonds. The summed E-state index contributed by atoms with van der Waals surface area (Å²) in [4.78, 5) is 5.73. The van der Waals surface area contributed by atoms with E-state index in [2.05, 4.69) is 26.2 Å². The average Bonchev–Trinajstić information content (AvgIpc) is 2.27. The second kappa shape index (κ2) is 5.70. The van der Waals surface area contributed by atoms with E-state index in [0.717, 1.165) is 23.4 Å². The molecule has 0 bridgehead atoms. The van der Waals surface area contributed by atoms with Gasteiger partial charge in [0.2, 0.25) is 0 Å². The number of hydrogen-bond donors (Lipinski definition) is 1. The fourth-order valence-corrected chi connectivity index (χ4v) is 2.69. The summed E-state index contributed by atoms with van der Waals surface area (Å²) in [6, 6.07) is 0. The fourth-order valence-electron chi connectivity index (χ4n) is 1.09. The molecule has 1 aromatic rings. The topological polar surface area (TPSA) is 24.9 Å². The van der Waals surface area contributed by atoms with E-state index in [0.29, 0.717) is 0 Å². The predicted molar refractivity (Wildman–Crippen MR) is 65.9 cm³/mol. The van der Waals surface area contributed by atoms with Crippen LogP contribution >= 0.6 is 61.2 Å². The normalized spacial score (nSPS) is 14.1. The van der Waals surface area contributed by atoms with Gasteiger partial charge < -0.3 is 5.32 Å². The standard InChI is InChI=1S/C6H7BrN2S.2BrH/c7-6-9-4-1-2-8-3-5(4)10-6;;/h8H,1-3H2;2*1H. The molecular weight excluding hydrogens is 372 g/mol. The van der Waals surface area contributed by atoms with E-state index in [9.17, 15) is 0 Å². The lowest BCUT2D eigenvalue weighted by molar-refractivity contribution is 0.643. The van der Waals surface area contributed by atoms with Gasteiger partial charge in [-0.15, -0.1) is 45.3 Å². The van der Waals surface area contributed by atoms with E-state index < -0.39 is 0 Å². The minimum atomic E-state index is 0. The van der Waals surface area contributed by atoms with E-state index in [4.69, 9.17) is 0 Å². The van der Waals surface area contributed by atoms with Crippen molar-refractivity contribution in [2.45, 2.75) is 13.0 Å². The van der Waals surface area contributed by atoms with Crippen LogP contribution in [0.1, 0.15) is 10.6 Å². The molecule has 0 unspecified atom stereocenters. The van der Waals surface area contributed by atoms with Gasteiger partial charge in [0.15, 0.2) is 3.92 Å². The lowest BCUT2D eigenvalue weighted by Crippen LogP contribution is -2.22. The van der Waals surface area contributed by atoms with E-state index in [1.54, 1.807) is 11.3 Å². The molecule has 2 nitrogen and oxygen atoms in total. The van der Waals surface area contributed by atoms with Crippen LogP contribution in [-0.2, 0) is 13.0 Å². The predicted octanol–water partition coefficient (Wildman–Crippen LogP) is 2.71. The number of nitrogens with one attached hydrogen (secondary N) is 1. The molecule has 12 heavy (non-hydrogen) atoms. The number of rotatable bonds is 0. The number of aromatic nitrogens is 1. The van der Waals surface area contributed by atoms with Gasteiger partial charge in [0.05, 0.1) is 5.69 Å². The minimum Gasteiger partial charge on any atom is -0.311 e. The molecule has 0 spiro atoms. The Bertz CT molecular complexity index is 227. The molecule has 1 aromatic heterocycles. The minimum absolute atomic E-state index is 0. The van der Waals surface area contributed by atoms with Gasteiger partial charge >= 0.3 is 0 Å². The van der Waals surface area contributed by atoms with Crippen LogP contribution in [0.4, 0.5) is 0 Å². The maximum absolute atomic E-state index is 4.35. The zero-order chi connectivity index (χ0) is 6.97. The van der Waals surface area contributed by atoms with Crippen LogP contribution < -0.4 is 5.32 Å². The molecule has 0 atom stereocenters. The molecule has 2 heterocycles. The number of nitrogens with zero attached hydrogens (tertiary/aromatic N) is 1. The van der Waals surface area contributed by atoms with Crippen molar-refractivity contribution in [1.82, 2.24) is 10.3 Å². The van der Waals surface area contributed by atoms with Crippen molar-refractivity contribution < 1.29 is 0 Å². The molecule has 0 saturated carbocycles. The van der Waals surface area contributed by atoms with Gasteiger partial charge in [0.25, 0.3) is 0 Å². The van der Waals surface area contributed by atoms with Gasteiger partial charge in [-0.25, -0.2) is 4.98 Å². The summed E-state index contributed by atoms with van der Waals surface area (Å²) in [5.41, 5.74) is 1.27. The lowest BCUT2D eigenvalue weighted by Gasteiger charge is -2.09. The van der Waals surface area contributed by atoms with Crippen molar-refractivity contribution in [2.24, 2.45) is 0 Å². The van der Waals surface area contributed by atoms with Crippen molar-refractivity contribution in [3.63, 3.8) is 0 Å². The third-order valence-corrected chi connectivity index (χ3v) is 3.13. The van der Waals surface area contributed by atoms with E-state index in [1.807, 2.05) is 0 Å². The van der Waals surface area contributed by atoms with Gasteiger partial charge in [-0.2, -0.15) is 0 Å². The molecule has 1 aliphatic heterocycles. The highest BCUT2D eigenvalue weighted by Crippen LogP contribution is 2.24. The number of thiazole rings is 1. The highest BCUT2D eigenvalue weighted by molar-refractivity contribution is 9.11. The lowest BCUT2D eigenvalue weighted by atomic mass is 10.2. The van der Waals surface area contributed by atoms with E-state index in [-0.39, 0.29) is 34.0 Å². The van der Waals surface area contributed by atoms with E-state index in [1.165, 1.54) is 10.6 Å². The summed E-state index contributed by atoms with van der Waals surface area (Å²) in [6.07, 6.45) is 1.08. The summed E-state index contributed by atoms with van der Waals surface area (Å²) < 4.78 is 1.02. The Balaban J connectivity index is 0.000000605. The van der Waals surface area contributed by atoms with Gasteiger partial charge in [-0.3, -0.25) is 0 Å². The Labute approximate surface area is 105 Å². The molecule has 0 aromatic carbocycles. The molecule has 2 rings (SSSR count). The van der Waals surface area contributed by atoms with Crippen LogP contribution in [0.3, 0.4) is 0 Å². The van der Waals surface area contributed by atoms with Crippen molar-refractivity contribution >= 4 is 61.2 Å². The quantitative estimate of drug-likeness (QED) is 0.748. The first kappa shape index (κ1) is 13.0. The first-order chi connectivity index (χ1) is 4.86. The Morgan fingerprint density at radius 3 is 2.83 bits per heavy atom. The Kier molecular flexibility index (Phi) is 6.18. The van der Waals surface area contributed by atoms with Crippen LogP contribution in [0, 0.1) is 0 Å². The zero-order valence-corrected chi connectivity index (χ0v) is 12.0. The van der Waals surface area contributed by atoms with Crippen molar-refractivity contribution in [1.29, 1.82) is 0 Å². The molecule has 0 fully saturated rings. The Hall–Kier alpha value is 1.03. The maximum atomic E-state index is 4.35. The largest absolute Gasteiger partial charge is 0.311 e. The molecule has 0 radical (unpaired) electrons. The van der Waals surface area contributed by atoms with Crippen molar-refractivity contribution in [2.75, 3.05) is 6.54 Å². The molecule has 0 saturated heterocycles. The summed E-state index contributed by atoms with van der Waals surface area (Å²) in [7, 11) is 0. The van der Waals surface area contributed by atoms with Crippen LogP contribution in [-0.4, -0.2) is 11.5 Å². The van der Waals surface area contributed by atoms with Gasteiger partial charge in [-0.1, -0.05) is 0 Å². The molecule has 70 valence electrons. The van der Waals surface area contributed by atoms with Crippen LogP contribution in [0.2, 0.25) is 0 Å². The molecule has 1 aliphatic rings. The summed E-state index contributed by atoms with van der Waals surface area (Å²) in [6.45, 7) is 2.07. The summed E-state index contributed by atoms with van der Waals surface area (Å²) in [5, 5.41) is 3.30. The smallest absolute Gasteiger partial charge is 0.159 e. The number of hydrogen-bond acceptors (Lipinski definition) is 3. The first-order valence-corrected chi connectivity index (χ1v) is 4.82. The zero-order valence-electron chi connectivity index (χ0n) is 6.17. The van der Waals surface area contributed by atoms with Gasteiger partial charge in [-0.05, 0) is 15.9 Å². The fraction of sp³-hybridized carbons (Fsp3) is 0.500. The highest BCUT2D eigenvalue weighted by atomic mass is 79.9. The average molecular weight is 381 g/mol. The molecule has 1 N–H and O–H groups in total. The van der Waals surface area contributed by atoms with Crippen molar-refractivity contribution in [3.8, 4) is 0 Å². The number of halogens is 3. The Morgan fingerprint density at radius 2 is 2.17 bits per heavy atom. The monoisotopic (exact) mass is 378 g/mol. The van der Waals surface area contributed by atoms with Crippen LogP contribution in [0.5, 0.6) is 0 Å². The Morgan fingerprint density at radius 1 is 1.42 bits per heavy atom. The van der Waals surface area contributed by atoms with E-state index >= 15 is 0 Å². The first-order valence-electron chi connectivity index (χ1n) is 3.21. The third-order valence-electron chi connectivity index (χ3n) is 1.58. The van der Waals surface area contributed by atoms with Gasteiger partial charge in [0.1, 0.15) is 0 Å².